The molecule has 200 valence electrons. The van der Waals surface area contributed by atoms with Gasteiger partial charge in [-0.1, -0.05) is 35.9 Å². The number of carbonyl (C=O) groups excluding carboxylic acids is 4. The van der Waals surface area contributed by atoms with Crippen molar-refractivity contribution in [1.29, 1.82) is 0 Å². The molecule has 0 unspecified atom stereocenters. The van der Waals surface area contributed by atoms with Crippen molar-refractivity contribution in [2.24, 2.45) is 0 Å². The minimum absolute atomic E-state index is 0.247. The first-order chi connectivity index (χ1) is 18.7. The summed E-state index contributed by atoms with van der Waals surface area (Å²) in [7, 11) is 0. The van der Waals surface area contributed by atoms with Crippen LogP contribution in [0.15, 0.2) is 66.2 Å². The van der Waals surface area contributed by atoms with E-state index in [0.717, 1.165) is 4.90 Å². The lowest BCUT2D eigenvalue weighted by Crippen LogP contribution is -2.54. The van der Waals surface area contributed by atoms with E-state index in [1.807, 2.05) is 40.8 Å². The maximum atomic E-state index is 13.3. The standard InChI is InChI=1S/C28H23ClIN3O6/c1-3-38-23-14-17(13-21(30)25(23)39-15-24(34)31-18-8-5-4-6-9-18)12-19-26(35)32-28(37)33(27(19)36)22-11-7-10-20(29)16(22)2/h4-14H,3,15H2,1-2H3,(H,31,34)(H,32,35,37)/b19-12+. The van der Waals surface area contributed by atoms with E-state index < -0.39 is 17.8 Å². The van der Waals surface area contributed by atoms with Crippen molar-refractivity contribution in [3.05, 3.63) is 86.0 Å². The van der Waals surface area contributed by atoms with Crippen LogP contribution >= 0.6 is 34.2 Å². The van der Waals surface area contributed by atoms with Gasteiger partial charge >= 0.3 is 6.03 Å². The quantitative estimate of drug-likeness (QED) is 0.192. The third-order valence-corrected chi connectivity index (χ3v) is 6.84. The van der Waals surface area contributed by atoms with Gasteiger partial charge in [-0.05, 0) is 90.0 Å². The Morgan fingerprint density at radius 1 is 1.08 bits per heavy atom. The van der Waals surface area contributed by atoms with E-state index in [1.165, 1.54) is 6.08 Å². The lowest BCUT2D eigenvalue weighted by atomic mass is 10.1. The number of anilines is 2. The smallest absolute Gasteiger partial charge is 0.335 e. The number of nitrogens with zero attached hydrogens (tertiary/aromatic N) is 1. The molecule has 1 aliphatic rings. The SMILES string of the molecule is CCOc1cc(/C=C2\C(=O)NC(=O)N(c3cccc(Cl)c3C)C2=O)cc(I)c1OCC(=O)Nc1ccccc1. The number of urea groups is 1. The predicted octanol–water partition coefficient (Wildman–Crippen LogP) is 5.34. The van der Waals surface area contributed by atoms with Crippen molar-refractivity contribution in [2.75, 3.05) is 23.4 Å². The molecule has 2 N–H and O–H groups in total. The first kappa shape index (κ1) is 28.1. The number of nitrogens with one attached hydrogen (secondary N) is 2. The number of para-hydroxylation sites is 1. The number of barbiturate groups is 1. The highest BCUT2D eigenvalue weighted by Crippen LogP contribution is 2.36. The van der Waals surface area contributed by atoms with Crippen molar-refractivity contribution >= 4 is 75.4 Å². The normalized spacial score (nSPS) is 14.3. The molecule has 1 fully saturated rings. The van der Waals surface area contributed by atoms with Crippen LogP contribution in [0.25, 0.3) is 6.08 Å². The average Bonchev–Trinajstić information content (AvgIpc) is 2.89. The largest absolute Gasteiger partial charge is 0.490 e. The Morgan fingerprint density at radius 2 is 1.82 bits per heavy atom. The van der Waals surface area contributed by atoms with Crippen LogP contribution in [0.3, 0.4) is 0 Å². The maximum Gasteiger partial charge on any atom is 0.335 e. The molecule has 0 atom stereocenters. The molecule has 0 saturated carbocycles. The summed E-state index contributed by atoms with van der Waals surface area (Å²) in [6, 6.07) is 16.2. The molecular weight excluding hydrogens is 637 g/mol. The number of halogens is 2. The van der Waals surface area contributed by atoms with Gasteiger partial charge in [-0.2, -0.15) is 0 Å². The van der Waals surface area contributed by atoms with E-state index in [9.17, 15) is 19.2 Å². The fourth-order valence-electron chi connectivity index (χ4n) is 3.81. The van der Waals surface area contributed by atoms with E-state index in [-0.39, 0.29) is 23.8 Å². The summed E-state index contributed by atoms with van der Waals surface area (Å²) in [5.41, 5.74) is 1.64. The fraction of sp³-hybridized carbons (Fsp3) is 0.143. The van der Waals surface area contributed by atoms with Crippen molar-refractivity contribution in [1.82, 2.24) is 5.32 Å². The Balaban J connectivity index is 1.61. The number of carbonyl (C=O) groups is 4. The molecule has 0 aliphatic carbocycles. The van der Waals surface area contributed by atoms with Crippen LogP contribution in [-0.4, -0.2) is 37.0 Å². The number of hydrogen-bond donors (Lipinski definition) is 2. The van der Waals surface area contributed by atoms with Crippen molar-refractivity contribution in [2.45, 2.75) is 13.8 Å². The first-order valence-corrected chi connectivity index (χ1v) is 13.3. The van der Waals surface area contributed by atoms with Gasteiger partial charge in [-0.3, -0.25) is 19.7 Å². The molecule has 3 aromatic carbocycles. The number of ether oxygens (including phenoxy) is 2. The summed E-state index contributed by atoms with van der Waals surface area (Å²) in [6.45, 7) is 3.51. The maximum absolute atomic E-state index is 13.3. The van der Waals surface area contributed by atoms with Crippen LogP contribution in [-0.2, 0) is 14.4 Å². The van der Waals surface area contributed by atoms with Crippen LogP contribution in [0.5, 0.6) is 11.5 Å². The van der Waals surface area contributed by atoms with Gasteiger partial charge in [0.1, 0.15) is 5.57 Å². The third-order valence-electron chi connectivity index (χ3n) is 5.63. The summed E-state index contributed by atoms with van der Waals surface area (Å²) in [4.78, 5) is 51.8. The zero-order valence-corrected chi connectivity index (χ0v) is 23.8. The molecule has 0 aromatic heterocycles. The van der Waals surface area contributed by atoms with Gasteiger partial charge in [-0.15, -0.1) is 0 Å². The van der Waals surface area contributed by atoms with Crippen LogP contribution < -0.4 is 25.0 Å². The van der Waals surface area contributed by atoms with E-state index in [0.29, 0.717) is 43.5 Å². The second-order valence-electron chi connectivity index (χ2n) is 8.31. The number of benzene rings is 3. The van der Waals surface area contributed by atoms with E-state index >= 15 is 0 Å². The highest BCUT2D eigenvalue weighted by atomic mass is 127. The van der Waals surface area contributed by atoms with Crippen LogP contribution in [0.2, 0.25) is 5.02 Å². The highest BCUT2D eigenvalue weighted by molar-refractivity contribution is 14.1. The molecular formula is C28H23ClIN3O6. The van der Waals surface area contributed by atoms with Crippen LogP contribution in [0.4, 0.5) is 16.2 Å². The van der Waals surface area contributed by atoms with Crippen molar-refractivity contribution < 1.29 is 28.7 Å². The van der Waals surface area contributed by atoms with Crippen LogP contribution in [0, 0.1) is 10.5 Å². The second kappa shape index (κ2) is 12.3. The topological polar surface area (TPSA) is 114 Å². The number of rotatable bonds is 8. The molecule has 1 aliphatic heterocycles. The molecule has 4 rings (SSSR count). The molecule has 11 heteroatoms. The monoisotopic (exact) mass is 659 g/mol. The van der Waals surface area contributed by atoms with Gasteiger partial charge in [0.05, 0.1) is 15.9 Å². The number of amides is 5. The molecule has 1 heterocycles. The molecule has 5 amide bonds. The van der Waals surface area contributed by atoms with Crippen molar-refractivity contribution in [3.8, 4) is 11.5 Å². The second-order valence-corrected chi connectivity index (χ2v) is 9.88. The van der Waals surface area contributed by atoms with Crippen molar-refractivity contribution in [3.63, 3.8) is 0 Å². The minimum Gasteiger partial charge on any atom is -0.490 e. The molecule has 1 saturated heterocycles. The summed E-state index contributed by atoms with van der Waals surface area (Å²) < 4.78 is 12.1. The molecule has 0 radical (unpaired) electrons. The Labute approximate surface area is 243 Å². The van der Waals surface area contributed by atoms with Gasteiger partial charge in [0.2, 0.25) is 0 Å². The van der Waals surface area contributed by atoms with Gasteiger partial charge < -0.3 is 14.8 Å². The lowest BCUT2D eigenvalue weighted by molar-refractivity contribution is -0.122. The Bertz CT molecular complexity index is 1490. The van der Waals surface area contributed by atoms with E-state index in [2.05, 4.69) is 10.6 Å². The number of hydrogen-bond acceptors (Lipinski definition) is 6. The molecule has 0 spiro atoms. The fourth-order valence-corrected chi connectivity index (χ4v) is 4.76. The summed E-state index contributed by atoms with van der Waals surface area (Å²) in [6.07, 6.45) is 1.37. The Hall–Kier alpha value is -3.90. The van der Waals surface area contributed by atoms with Gasteiger partial charge in [0, 0.05) is 10.7 Å². The number of imide groups is 2. The summed E-state index contributed by atoms with van der Waals surface area (Å²) in [5, 5.41) is 5.33. The Morgan fingerprint density at radius 3 is 2.54 bits per heavy atom. The zero-order chi connectivity index (χ0) is 28.1. The van der Waals surface area contributed by atoms with Gasteiger partial charge in [0.15, 0.2) is 18.1 Å². The molecule has 39 heavy (non-hydrogen) atoms. The zero-order valence-electron chi connectivity index (χ0n) is 20.9. The molecule has 9 nitrogen and oxygen atoms in total. The molecule has 3 aromatic rings. The molecule has 0 bridgehead atoms. The van der Waals surface area contributed by atoms with E-state index in [1.54, 1.807) is 56.3 Å². The van der Waals surface area contributed by atoms with E-state index in [4.69, 9.17) is 21.1 Å². The van der Waals surface area contributed by atoms with Crippen LogP contribution in [0.1, 0.15) is 18.1 Å². The highest BCUT2D eigenvalue weighted by Gasteiger charge is 2.37. The lowest BCUT2D eigenvalue weighted by Gasteiger charge is -2.27. The third kappa shape index (κ3) is 6.40. The Kier molecular flexibility index (Phi) is 8.87. The first-order valence-electron chi connectivity index (χ1n) is 11.8. The minimum atomic E-state index is -0.866. The van der Waals surface area contributed by atoms with Gasteiger partial charge in [-0.25, -0.2) is 9.69 Å². The van der Waals surface area contributed by atoms with Gasteiger partial charge in [0.25, 0.3) is 17.7 Å². The summed E-state index contributed by atoms with van der Waals surface area (Å²) >= 11 is 8.21. The summed E-state index contributed by atoms with van der Waals surface area (Å²) in [5.74, 6) is -1.30. The predicted molar refractivity (Wildman–Crippen MR) is 156 cm³/mol. The average molecular weight is 660 g/mol.